The predicted molar refractivity (Wildman–Crippen MR) is 80.0 cm³/mol. The summed E-state index contributed by atoms with van der Waals surface area (Å²) in [5, 5.41) is 3.36. The molecule has 0 aliphatic carbocycles. The number of nitrogens with zero attached hydrogens (tertiary/aromatic N) is 1. The fraction of sp³-hybridized carbons (Fsp3) is 0.600. The van der Waals surface area contributed by atoms with Crippen LogP contribution in [0.15, 0.2) is 18.2 Å². The standard InChI is InChI=1S/C15H24N2O3/c1-12(11-18-2)20-15-5-4-13(19-3)10-14(15)17-8-6-16-7-9-17/h4-5,10,12,16H,6-9,11H2,1-3H3. The fourth-order valence-electron chi connectivity index (χ4n) is 2.36. The van der Waals surface area contributed by atoms with Gasteiger partial charge in [0, 0.05) is 39.4 Å². The summed E-state index contributed by atoms with van der Waals surface area (Å²) in [5.41, 5.74) is 1.09. The van der Waals surface area contributed by atoms with E-state index in [9.17, 15) is 0 Å². The van der Waals surface area contributed by atoms with E-state index >= 15 is 0 Å². The Morgan fingerprint density at radius 2 is 2.00 bits per heavy atom. The zero-order chi connectivity index (χ0) is 14.4. The molecule has 5 nitrogen and oxygen atoms in total. The maximum atomic E-state index is 6.00. The summed E-state index contributed by atoms with van der Waals surface area (Å²) in [5.74, 6) is 1.74. The zero-order valence-corrected chi connectivity index (χ0v) is 12.5. The van der Waals surface area contributed by atoms with Crippen LogP contribution in [0.5, 0.6) is 11.5 Å². The lowest BCUT2D eigenvalue weighted by atomic mass is 10.2. The summed E-state index contributed by atoms with van der Waals surface area (Å²) in [6.45, 7) is 6.52. The van der Waals surface area contributed by atoms with E-state index in [0.29, 0.717) is 6.61 Å². The number of ether oxygens (including phenoxy) is 3. The van der Waals surface area contributed by atoms with E-state index in [1.54, 1.807) is 14.2 Å². The van der Waals surface area contributed by atoms with E-state index in [2.05, 4.69) is 10.2 Å². The predicted octanol–water partition coefficient (Wildman–Crippen LogP) is 1.52. The summed E-state index contributed by atoms with van der Waals surface area (Å²) in [6, 6.07) is 5.95. The summed E-state index contributed by atoms with van der Waals surface area (Å²) in [7, 11) is 3.37. The van der Waals surface area contributed by atoms with Crippen molar-refractivity contribution in [3.8, 4) is 11.5 Å². The van der Waals surface area contributed by atoms with Crippen molar-refractivity contribution in [3.63, 3.8) is 0 Å². The first kappa shape index (κ1) is 14.9. The van der Waals surface area contributed by atoms with Crippen molar-refractivity contribution in [2.75, 3.05) is 51.9 Å². The summed E-state index contributed by atoms with van der Waals surface area (Å²) < 4.78 is 16.5. The van der Waals surface area contributed by atoms with E-state index in [-0.39, 0.29) is 6.10 Å². The van der Waals surface area contributed by atoms with Crippen LogP contribution in [0.4, 0.5) is 5.69 Å². The van der Waals surface area contributed by atoms with Gasteiger partial charge in [-0.15, -0.1) is 0 Å². The first-order valence-corrected chi connectivity index (χ1v) is 7.04. The minimum Gasteiger partial charge on any atom is -0.497 e. The van der Waals surface area contributed by atoms with Crippen LogP contribution < -0.4 is 19.7 Å². The van der Waals surface area contributed by atoms with E-state index in [0.717, 1.165) is 43.4 Å². The van der Waals surface area contributed by atoms with Gasteiger partial charge in [-0.3, -0.25) is 0 Å². The molecular weight excluding hydrogens is 256 g/mol. The van der Waals surface area contributed by atoms with Crippen LogP contribution in [0.3, 0.4) is 0 Å². The molecule has 1 N–H and O–H groups in total. The topological polar surface area (TPSA) is 43.0 Å². The average Bonchev–Trinajstić information content (AvgIpc) is 2.49. The molecule has 1 aromatic carbocycles. The molecule has 20 heavy (non-hydrogen) atoms. The van der Waals surface area contributed by atoms with Gasteiger partial charge < -0.3 is 24.4 Å². The number of nitrogens with one attached hydrogen (secondary N) is 1. The van der Waals surface area contributed by atoms with E-state index in [4.69, 9.17) is 14.2 Å². The molecule has 5 heteroatoms. The average molecular weight is 280 g/mol. The summed E-state index contributed by atoms with van der Waals surface area (Å²) in [4.78, 5) is 2.33. The molecule has 0 spiro atoms. The monoisotopic (exact) mass is 280 g/mol. The maximum Gasteiger partial charge on any atom is 0.143 e. The third kappa shape index (κ3) is 3.77. The van der Waals surface area contributed by atoms with Crippen LogP contribution in [0.2, 0.25) is 0 Å². The number of piperazine rings is 1. The van der Waals surface area contributed by atoms with Gasteiger partial charge >= 0.3 is 0 Å². The van der Waals surface area contributed by atoms with Gasteiger partial charge in [0.25, 0.3) is 0 Å². The van der Waals surface area contributed by atoms with Gasteiger partial charge in [0.1, 0.15) is 17.6 Å². The maximum absolute atomic E-state index is 6.00. The SMILES string of the molecule is COCC(C)Oc1ccc(OC)cc1N1CCNCC1. The first-order valence-electron chi connectivity index (χ1n) is 7.04. The lowest BCUT2D eigenvalue weighted by Gasteiger charge is -2.31. The second-order valence-corrected chi connectivity index (χ2v) is 4.95. The third-order valence-electron chi connectivity index (χ3n) is 3.35. The second kappa shape index (κ2) is 7.36. The Bertz CT molecular complexity index is 420. The van der Waals surface area contributed by atoms with Crippen molar-refractivity contribution in [2.24, 2.45) is 0 Å². The molecule has 1 unspecified atom stereocenters. The molecule has 0 bridgehead atoms. The largest absolute Gasteiger partial charge is 0.497 e. The Labute approximate surface area is 120 Å². The highest BCUT2D eigenvalue weighted by molar-refractivity contribution is 5.62. The smallest absolute Gasteiger partial charge is 0.143 e. The lowest BCUT2D eigenvalue weighted by Crippen LogP contribution is -2.43. The van der Waals surface area contributed by atoms with Gasteiger partial charge in [0.15, 0.2) is 0 Å². The molecule has 1 heterocycles. The van der Waals surface area contributed by atoms with Crippen molar-refractivity contribution >= 4 is 5.69 Å². The molecule has 1 fully saturated rings. The van der Waals surface area contributed by atoms with Crippen molar-refractivity contribution < 1.29 is 14.2 Å². The summed E-state index contributed by atoms with van der Waals surface area (Å²) >= 11 is 0. The molecule has 112 valence electrons. The van der Waals surface area contributed by atoms with Gasteiger partial charge in [-0.1, -0.05) is 0 Å². The molecule has 0 radical (unpaired) electrons. The third-order valence-corrected chi connectivity index (χ3v) is 3.35. The normalized spacial score (nSPS) is 16.9. The highest BCUT2D eigenvalue weighted by Gasteiger charge is 2.17. The molecule has 1 saturated heterocycles. The molecule has 0 saturated carbocycles. The van der Waals surface area contributed by atoms with Crippen molar-refractivity contribution in [1.82, 2.24) is 5.32 Å². The molecule has 1 aliphatic heterocycles. The van der Waals surface area contributed by atoms with Gasteiger partial charge in [-0.2, -0.15) is 0 Å². The molecule has 0 amide bonds. The van der Waals surface area contributed by atoms with Gasteiger partial charge in [-0.05, 0) is 19.1 Å². The molecular formula is C15H24N2O3. The zero-order valence-electron chi connectivity index (χ0n) is 12.5. The fourth-order valence-corrected chi connectivity index (χ4v) is 2.36. The Kier molecular flexibility index (Phi) is 5.49. The Morgan fingerprint density at radius 3 is 2.65 bits per heavy atom. The second-order valence-electron chi connectivity index (χ2n) is 4.95. The number of benzene rings is 1. The molecule has 1 aromatic rings. The Balaban J connectivity index is 2.20. The van der Waals surface area contributed by atoms with Gasteiger partial charge in [0.2, 0.25) is 0 Å². The number of hydrogen-bond donors (Lipinski definition) is 1. The molecule has 1 atom stereocenters. The quantitative estimate of drug-likeness (QED) is 0.856. The Hall–Kier alpha value is -1.46. The van der Waals surface area contributed by atoms with Crippen LogP contribution >= 0.6 is 0 Å². The first-order chi connectivity index (χ1) is 9.74. The minimum atomic E-state index is 0.0232. The molecule has 1 aliphatic rings. The van der Waals surface area contributed by atoms with Crippen LogP contribution in [-0.2, 0) is 4.74 Å². The van der Waals surface area contributed by atoms with Gasteiger partial charge in [-0.25, -0.2) is 0 Å². The van der Waals surface area contributed by atoms with Crippen LogP contribution in [0.25, 0.3) is 0 Å². The highest BCUT2D eigenvalue weighted by atomic mass is 16.5. The molecule has 0 aromatic heterocycles. The summed E-state index contributed by atoms with van der Waals surface area (Å²) in [6.07, 6.45) is 0.0232. The van der Waals surface area contributed by atoms with E-state index in [1.165, 1.54) is 0 Å². The van der Waals surface area contributed by atoms with Crippen LogP contribution in [-0.4, -0.2) is 53.1 Å². The van der Waals surface area contributed by atoms with E-state index in [1.807, 2.05) is 25.1 Å². The number of rotatable bonds is 6. The van der Waals surface area contributed by atoms with Gasteiger partial charge in [0.05, 0.1) is 19.4 Å². The molecule has 2 rings (SSSR count). The Morgan fingerprint density at radius 1 is 1.25 bits per heavy atom. The van der Waals surface area contributed by atoms with Crippen molar-refractivity contribution in [3.05, 3.63) is 18.2 Å². The van der Waals surface area contributed by atoms with Crippen molar-refractivity contribution in [1.29, 1.82) is 0 Å². The van der Waals surface area contributed by atoms with Crippen LogP contribution in [0.1, 0.15) is 6.92 Å². The number of anilines is 1. The minimum absolute atomic E-state index is 0.0232. The highest BCUT2D eigenvalue weighted by Crippen LogP contribution is 2.33. The lowest BCUT2D eigenvalue weighted by molar-refractivity contribution is 0.0923. The van der Waals surface area contributed by atoms with Crippen molar-refractivity contribution in [2.45, 2.75) is 13.0 Å². The number of hydrogen-bond acceptors (Lipinski definition) is 5. The number of methoxy groups -OCH3 is 2. The van der Waals surface area contributed by atoms with Crippen LogP contribution in [0, 0.1) is 0 Å². The van der Waals surface area contributed by atoms with E-state index < -0.39 is 0 Å².